The SMILES string of the molecule is Cn1ccnc1SCc1ccc(C(=O)Nc2ccc3c(c2)OC2(CCCCC2)O3)o1. The first-order valence-corrected chi connectivity index (χ1v) is 11.1. The Morgan fingerprint density at radius 1 is 1.17 bits per heavy atom. The van der Waals surface area contributed by atoms with Gasteiger partial charge in [-0.3, -0.25) is 4.79 Å². The number of aromatic nitrogens is 2. The molecule has 1 amide bonds. The van der Waals surface area contributed by atoms with Gasteiger partial charge in [-0.15, -0.1) is 0 Å². The Hall–Kier alpha value is -2.87. The molecule has 3 aromatic rings. The van der Waals surface area contributed by atoms with Crippen LogP contribution in [0.4, 0.5) is 5.69 Å². The number of nitrogens with zero attached hydrogens (tertiary/aromatic N) is 2. The molecule has 1 saturated carbocycles. The van der Waals surface area contributed by atoms with Gasteiger partial charge in [-0.05, 0) is 37.1 Å². The molecule has 2 aromatic heterocycles. The average Bonchev–Trinajstić information content (AvgIpc) is 3.45. The summed E-state index contributed by atoms with van der Waals surface area (Å²) in [6.07, 6.45) is 8.88. The van der Waals surface area contributed by atoms with Gasteiger partial charge >= 0.3 is 0 Å². The normalized spacial score (nSPS) is 16.7. The first kappa shape index (κ1) is 19.1. The van der Waals surface area contributed by atoms with Gasteiger partial charge in [0.2, 0.25) is 0 Å². The van der Waals surface area contributed by atoms with Crippen LogP contribution in [0.15, 0.2) is 52.3 Å². The number of nitrogens with one attached hydrogen (secondary N) is 1. The Labute approximate surface area is 178 Å². The summed E-state index contributed by atoms with van der Waals surface area (Å²) in [5.41, 5.74) is 0.649. The topological polar surface area (TPSA) is 78.5 Å². The van der Waals surface area contributed by atoms with Crippen molar-refractivity contribution in [3.05, 3.63) is 54.2 Å². The van der Waals surface area contributed by atoms with Gasteiger partial charge in [0, 0.05) is 44.0 Å². The zero-order valence-electron chi connectivity index (χ0n) is 16.7. The van der Waals surface area contributed by atoms with Crippen LogP contribution in [0.1, 0.15) is 48.4 Å². The number of anilines is 1. The maximum absolute atomic E-state index is 12.6. The molecule has 3 heterocycles. The van der Waals surface area contributed by atoms with E-state index in [0.717, 1.165) is 42.3 Å². The lowest BCUT2D eigenvalue weighted by Gasteiger charge is -2.31. The molecule has 0 radical (unpaired) electrons. The Morgan fingerprint density at radius 3 is 2.80 bits per heavy atom. The highest BCUT2D eigenvalue weighted by Crippen LogP contribution is 2.46. The number of hydrogen-bond acceptors (Lipinski definition) is 6. The molecule has 1 fully saturated rings. The highest BCUT2D eigenvalue weighted by Gasteiger charge is 2.42. The third-order valence-corrected chi connectivity index (χ3v) is 6.50. The van der Waals surface area contributed by atoms with Crippen LogP contribution in [0.5, 0.6) is 11.5 Å². The molecule has 0 unspecified atom stereocenters. The summed E-state index contributed by atoms with van der Waals surface area (Å²) in [7, 11) is 1.94. The Balaban J connectivity index is 1.22. The molecule has 156 valence electrons. The minimum atomic E-state index is -0.524. The lowest BCUT2D eigenvalue weighted by Crippen LogP contribution is -2.40. The number of amides is 1. The van der Waals surface area contributed by atoms with Crippen molar-refractivity contribution in [2.24, 2.45) is 7.05 Å². The standard InChI is InChI=1S/C22H23N3O4S/c1-25-12-11-23-21(25)30-14-16-6-8-18(27-16)20(26)24-15-5-7-17-19(13-15)29-22(28-17)9-3-2-4-10-22/h5-8,11-13H,2-4,9-10,14H2,1H3,(H,24,26). The minimum Gasteiger partial charge on any atom is -0.455 e. The zero-order chi connectivity index (χ0) is 20.6. The minimum absolute atomic E-state index is 0.270. The van der Waals surface area contributed by atoms with E-state index < -0.39 is 5.79 Å². The fourth-order valence-corrected chi connectivity index (χ4v) is 4.69. The van der Waals surface area contributed by atoms with Gasteiger partial charge in [0.1, 0.15) is 5.76 Å². The van der Waals surface area contributed by atoms with Crippen LogP contribution in [0.25, 0.3) is 0 Å². The van der Waals surface area contributed by atoms with E-state index in [4.69, 9.17) is 13.9 Å². The van der Waals surface area contributed by atoms with E-state index in [-0.39, 0.29) is 11.7 Å². The first-order valence-electron chi connectivity index (χ1n) is 10.1. The van der Waals surface area contributed by atoms with Crippen LogP contribution in [-0.4, -0.2) is 21.2 Å². The number of benzene rings is 1. The third kappa shape index (κ3) is 3.79. The number of rotatable bonds is 5. The van der Waals surface area contributed by atoms with E-state index in [1.165, 1.54) is 6.42 Å². The van der Waals surface area contributed by atoms with E-state index in [2.05, 4.69) is 10.3 Å². The third-order valence-electron chi connectivity index (χ3n) is 5.41. The Kier molecular flexibility index (Phi) is 4.94. The van der Waals surface area contributed by atoms with Crippen LogP contribution in [0.3, 0.4) is 0 Å². The highest BCUT2D eigenvalue weighted by molar-refractivity contribution is 7.98. The van der Waals surface area contributed by atoms with Crippen LogP contribution < -0.4 is 14.8 Å². The molecule has 1 aliphatic carbocycles. The molecule has 1 spiro atoms. The summed E-state index contributed by atoms with van der Waals surface area (Å²) in [6, 6.07) is 9.00. The quantitative estimate of drug-likeness (QED) is 0.580. The molecular weight excluding hydrogens is 402 g/mol. The van der Waals surface area contributed by atoms with Gasteiger partial charge in [-0.1, -0.05) is 18.2 Å². The second-order valence-corrected chi connectivity index (χ2v) is 8.61. The smallest absolute Gasteiger partial charge is 0.291 e. The van der Waals surface area contributed by atoms with Crippen molar-refractivity contribution in [2.45, 2.75) is 48.8 Å². The summed E-state index contributed by atoms with van der Waals surface area (Å²) in [4.78, 5) is 16.9. The fourth-order valence-electron chi connectivity index (χ4n) is 3.86. The Bertz CT molecular complexity index is 1070. The van der Waals surface area contributed by atoms with Crippen molar-refractivity contribution in [1.82, 2.24) is 9.55 Å². The monoisotopic (exact) mass is 425 g/mol. The first-order chi connectivity index (χ1) is 14.6. The van der Waals surface area contributed by atoms with Crippen molar-refractivity contribution >= 4 is 23.4 Å². The van der Waals surface area contributed by atoms with Crippen LogP contribution in [0, 0.1) is 0 Å². The van der Waals surface area contributed by atoms with Crippen molar-refractivity contribution in [3.8, 4) is 11.5 Å². The highest BCUT2D eigenvalue weighted by atomic mass is 32.2. The Morgan fingerprint density at radius 2 is 2.00 bits per heavy atom. The number of aryl methyl sites for hydroxylation is 1. The second-order valence-electron chi connectivity index (χ2n) is 7.67. The molecule has 1 N–H and O–H groups in total. The number of imidazole rings is 1. The number of carbonyl (C=O) groups is 1. The summed E-state index contributed by atoms with van der Waals surface area (Å²) in [5, 5.41) is 3.78. The lowest BCUT2D eigenvalue weighted by molar-refractivity contribution is -0.105. The summed E-state index contributed by atoms with van der Waals surface area (Å²) < 4.78 is 19.9. The lowest BCUT2D eigenvalue weighted by atomic mass is 9.94. The van der Waals surface area contributed by atoms with Crippen molar-refractivity contribution in [3.63, 3.8) is 0 Å². The van der Waals surface area contributed by atoms with Gasteiger partial charge in [-0.25, -0.2) is 4.98 Å². The number of thioether (sulfide) groups is 1. The number of carbonyl (C=O) groups excluding carboxylic acids is 1. The largest absolute Gasteiger partial charge is 0.455 e. The molecular formula is C22H23N3O4S. The number of furan rings is 1. The second kappa shape index (κ2) is 7.75. The molecule has 0 saturated heterocycles. The van der Waals surface area contributed by atoms with E-state index in [0.29, 0.717) is 17.2 Å². The van der Waals surface area contributed by atoms with E-state index >= 15 is 0 Å². The maximum atomic E-state index is 12.6. The maximum Gasteiger partial charge on any atom is 0.291 e. The fraction of sp³-hybridized carbons (Fsp3) is 0.364. The summed E-state index contributed by atoms with van der Waals surface area (Å²) >= 11 is 1.56. The van der Waals surface area contributed by atoms with Crippen molar-refractivity contribution < 1.29 is 18.7 Å². The van der Waals surface area contributed by atoms with Gasteiger partial charge in [0.15, 0.2) is 22.4 Å². The van der Waals surface area contributed by atoms with Gasteiger partial charge in [0.05, 0.1) is 5.75 Å². The van der Waals surface area contributed by atoms with Gasteiger partial charge in [0.25, 0.3) is 11.7 Å². The molecule has 30 heavy (non-hydrogen) atoms. The van der Waals surface area contributed by atoms with E-state index in [1.807, 2.05) is 42.1 Å². The summed E-state index contributed by atoms with van der Waals surface area (Å²) in [5.74, 6) is 2.19. The molecule has 8 heteroatoms. The number of fused-ring (bicyclic) bond motifs is 1. The molecule has 0 atom stereocenters. The molecule has 5 rings (SSSR count). The van der Waals surface area contributed by atoms with Gasteiger partial charge in [-0.2, -0.15) is 0 Å². The molecule has 0 bridgehead atoms. The molecule has 7 nitrogen and oxygen atoms in total. The van der Waals surface area contributed by atoms with Crippen LogP contribution in [-0.2, 0) is 12.8 Å². The van der Waals surface area contributed by atoms with E-state index in [9.17, 15) is 4.79 Å². The predicted octanol–water partition coefficient (Wildman–Crippen LogP) is 4.99. The average molecular weight is 426 g/mol. The summed E-state index contributed by atoms with van der Waals surface area (Å²) in [6.45, 7) is 0. The van der Waals surface area contributed by atoms with Gasteiger partial charge < -0.3 is 23.8 Å². The van der Waals surface area contributed by atoms with Crippen molar-refractivity contribution in [2.75, 3.05) is 5.32 Å². The molecule has 1 aliphatic heterocycles. The van der Waals surface area contributed by atoms with E-state index in [1.54, 1.807) is 24.0 Å². The van der Waals surface area contributed by atoms with Crippen molar-refractivity contribution in [1.29, 1.82) is 0 Å². The van der Waals surface area contributed by atoms with Crippen LogP contribution in [0.2, 0.25) is 0 Å². The predicted molar refractivity (Wildman–Crippen MR) is 113 cm³/mol. The number of hydrogen-bond donors (Lipinski definition) is 1. The zero-order valence-corrected chi connectivity index (χ0v) is 17.5. The van der Waals surface area contributed by atoms with Crippen LogP contribution >= 0.6 is 11.8 Å². The molecule has 1 aromatic carbocycles. The number of ether oxygens (including phenoxy) is 2. The molecule has 2 aliphatic rings.